The average Bonchev–Trinajstić information content (AvgIpc) is 3.23. The largest absolute Gasteiger partial charge is 0.263 e. The van der Waals surface area contributed by atoms with Crippen LogP contribution in [0.3, 0.4) is 0 Å². The normalized spacial score (nSPS) is 14.3. The summed E-state index contributed by atoms with van der Waals surface area (Å²) in [5.74, 6) is -0.673. The van der Waals surface area contributed by atoms with Gasteiger partial charge in [-0.25, -0.2) is 9.07 Å². The van der Waals surface area contributed by atoms with Gasteiger partial charge in [0.25, 0.3) is 5.95 Å². The second kappa shape index (κ2) is 8.86. The Kier molecular flexibility index (Phi) is 5.52. The fraction of sp³-hybridized carbons (Fsp3) is 0.261. The van der Waals surface area contributed by atoms with Gasteiger partial charge in [0.15, 0.2) is 5.82 Å². The van der Waals surface area contributed by atoms with Crippen LogP contribution in [0.15, 0.2) is 49.2 Å². The Morgan fingerprint density at radius 3 is 2.61 bits per heavy atom. The molecule has 0 N–H and O–H groups in total. The molecule has 10 nitrogen and oxygen atoms in total. The van der Waals surface area contributed by atoms with Crippen molar-refractivity contribution >= 4 is 11.6 Å². The minimum absolute atomic E-state index is 0.0153. The van der Waals surface area contributed by atoms with Crippen LogP contribution in [0.5, 0.6) is 0 Å². The van der Waals surface area contributed by atoms with Crippen molar-refractivity contribution in [1.82, 2.24) is 50.0 Å². The summed E-state index contributed by atoms with van der Waals surface area (Å²) < 4.78 is 33.8. The maximum Gasteiger partial charge on any atom is 0.260 e. The maximum atomic E-state index is 15.1. The van der Waals surface area contributed by atoms with E-state index in [-0.39, 0.29) is 22.3 Å². The highest BCUT2D eigenvalue weighted by Gasteiger charge is 2.29. The summed E-state index contributed by atoms with van der Waals surface area (Å²) in [6.07, 6.45) is 9.48. The Bertz CT molecular complexity index is 1500. The third-order valence-electron chi connectivity index (χ3n) is 6.32. The first-order valence-electron chi connectivity index (χ1n) is 11.3. The van der Waals surface area contributed by atoms with E-state index in [0.717, 1.165) is 25.0 Å². The smallest absolute Gasteiger partial charge is 0.260 e. The number of tetrazole rings is 1. The molecule has 1 fully saturated rings. The van der Waals surface area contributed by atoms with Crippen LogP contribution in [-0.2, 0) is 7.05 Å². The van der Waals surface area contributed by atoms with E-state index in [0.29, 0.717) is 22.7 Å². The molecule has 182 valence electrons. The number of nitrogens with zero attached hydrogens (tertiary/aromatic N) is 10. The molecule has 4 aromatic heterocycles. The van der Waals surface area contributed by atoms with E-state index >= 15 is 4.39 Å². The van der Waals surface area contributed by atoms with Crippen LogP contribution < -0.4 is 0 Å². The van der Waals surface area contributed by atoms with Crippen LogP contribution in [0.1, 0.15) is 31.0 Å². The summed E-state index contributed by atoms with van der Waals surface area (Å²) in [5, 5.41) is 22.9. The molecule has 1 unspecified atom stereocenters. The van der Waals surface area contributed by atoms with Gasteiger partial charge in [-0.15, -0.1) is 5.10 Å². The quantitative estimate of drug-likeness (QED) is 0.327. The predicted octanol–water partition coefficient (Wildman–Crippen LogP) is 4.04. The topological polar surface area (TPSA) is 105 Å². The Morgan fingerprint density at radius 1 is 1.08 bits per heavy atom. The Morgan fingerprint density at radius 2 is 1.94 bits per heavy atom. The highest BCUT2D eigenvalue weighted by molar-refractivity contribution is 6.31. The van der Waals surface area contributed by atoms with Gasteiger partial charge in [0.1, 0.15) is 12.0 Å². The zero-order chi connectivity index (χ0) is 24.8. The van der Waals surface area contributed by atoms with Gasteiger partial charge in [0, 0.05) is 36.1 Å². The van der Waals surface area contributed by atoms with Gasteiger partial charge in [-0.3, -0.25) is 9.67 Å². The molecule has 1 saturated carbocycles. The molecule has 0 aliphatic heterocycles. The van der Waals surface area contributed by atoms with Crippen molar-refractivity contribution in [3.05, 3.63) is 71.7 Å². The van der Waals surface area contributed by atoms with E-state index in [1.54, 1.807) is 42.5 Å². The van der Waals surface area contributed by atoms with Crippen LogP contribution in [0.2, 0.25) is 5.02 Å². The lowest BCUT2D eigenvalue weighted by Gasteiger charge is -2.18. The minimum Gasteiger partial charge on any atom is -0.263 e. The molecule has 0 spiro atoms. The Labute approximate surface area is 208 Å². The lowest BCUT2D eigenvalue weighted by molar-refractivity contribution is 0.455. The average molecular weight is 509 g/mol. The zero-order valence-electron chi connectivity index (χ0n) is 19.0. The van der Waals surface area contributed by atoms with Crippen LogP contribution in [0.4, 0.5) is 8.78 Å². The SMILES string of the molecule is Cn1nnc(F)c1-c1cnn(C(CC2CC2)c2ccc(-c3c(-n4cnnn4)ccc(Cl)c3F)cn2)c1. The van der Waals surface area contributed by atoms with Crippen molar-refractivity contribution in [2.45, 2.75) is 25.3 Å². The van der Waals surface area contributed by atoms with E-state index in [2.05, 4.69) is 35.9 Å². The summed E-state index contributed by atoms with van der Waals surface area (Å²) in [6, 6.07) is 6.58. The van der Waals surface area contributed by atoms with E-state index in [1.165, 1.54) is 21.8 Å². The van der Waals surface area contributed by atoms with Crippen molar-refractivity contribution in [2.75, 3.05) is 0 Å². The molecule has 5 aromatic rings. The molecule has 13 heteroatoms. The fourth-order valence-electron chi connectivity index (χ4n) is 4.33. The van der Waals surface area contributed by atoms with Gasteiger partial charge in [0.2, 0.25) is 0 Å². The second-order valence-electron chi connectivity index (χ2n) is 8.74. The van der Waals surface area contributed by atoms with Gasteiger partial charge in [-0.1, -0.05) is 40.8 Å². The highest BCUT2D eigenvalue weighted by Crippen LogP contribution is 2.40. The summed E-state index contributed by atoms with van der Waals surface area (Å²) in [5.41, 5.74) is 2.81. The molecule has 1 aliphatic rings. The van der Waals surface area contributed by atoms with Crippen molar-refractivity contribution in [3.8, 4) is 28.1 Å². The predicted molar refractivity (Wildman–Crippen MR) is 125 cm³/mol. The molecule has 36 heavy (non-hydrogen) atoms. The summed E-state index contributed by atoms with van der Waals surface area (Å²) in [6.45, 7) is 0. The van der Waals surface area contributed by atoms with Crippen molar-refractivity contribution < 1.29 is 8.78 Å². The monoisotopic (exact) mass is 508 g/mol. The molecule has 1 atom stereocenters. The van der Waals surface area contributed by atoms with E-state index < -0.39 is 11.8 Å². The summed E-state index contributed by atoms with van der Waals surface area (Å²) in [4.78, 5) is 4.68. The lowest BCUT2D eigenvalue weighted by atomic mass is 10.0. The number of halogens is 3. The number of pyridine rings is 1. The van der Waals surface area contributed by atoms with Gasteiger partial charge in [-0.05, 0) is 41.0 Å². The number of aryl methyl sites for hydroxylation is 1. The number of hydrogen-bond donors (Lipinski definition) is 0. The molecule has 0 amide bonds. The number of benzene rings is 1. The molecule has 4 heterocycles. The standard InChI is InChI=1S/C23H19ClF2N10/c1-34-22(23(26)30-32-34)15-10-29-35(11-15)19(8-13-2-3-13)17-6-4-14(9-27-17)20-18(36-12-28-31-33-36)7-5-16(24)21(20)25/h4-7,9-13,19H,2-3,8H2,1H3. The molecule has 1 aliphatic carbocycles. The first-order valence-corrected chi connectivity index (χ1v) is 11.6. The molecule has 6 rings (SSSR count). The van der Waals surface area contributed by atoms with Gasteiger partial charge in [0.05, 0.1) is 28.6 Å². The van der Waals surface area contributed by atoms with Crippen LogP contribution in [-0.4, -0.2) is 50.0 Å². The van der Waals surface area contributed by atoms with Gasteiger partial charge in [-0.2, -0.15) is 14.2 Å². The number of rotatable bonds is 7. The van der Waals surface area contributed by atoms with Crippen LogP contribution in [0.25, 0.3) is 28.1 Å². The summed E-state index contributed by atoms with van der Waals surface area (Å²) in [7, 11) is 1.63. The van der Waals surface area contributed by atoms with Crippen LogP contribution in [0, 0.1) is 17.7 Å². The first kappa shape index (κ1) is 22.4. The Balaban J connectivity index is 1.37. The third kappa shape index (κ3) is 4.02. The molecule has 0 bridgehead atoms. The van der Waals surface area contributed by atoms with E-state index in [9.17, 15) is 4.39 Å². The van der Waals surface area contributed by atoms with Crippen molar-refractivity contribution in [2.24, 2.45) is 13.0 Å². The zero-order valence-corrected chi connectivity index (χ0v) is 19.8. The summed E-state index contributed by atoms with van der Waals surface area (Å²) >= 11 is 6.08. The molecular weight excluding hydrogens is 490 g/mol. The van der Waals surface area contributed by atoms with Gasteiger partial charge < -0.3 is 0 Å². The lowest BCUT2D eigenvalue weighted by Crippen LogP contribution is -2.14. The van der Waals surface area contributed by atoms with E-state index in [4.69, 9.17) is 11.6 Å². The minimum atomic E-state index is -0.653. The second-order valence-corrected chi connectivity index (χ2v) is 9.15. The van der Waals surface area contributed by atoms with Gasteiger partial charge >= 0.3 is 0 Å². The fourth-order valence-corrected chi connectivity index (χ4v) is 4.49. The van der Waals surface area contributed by atoms with Crippen molar-refractivity contribution in [3.63, 3.8) is 0 Å². The molecule has 0 saturated heterocycles. The third-order valence-corrected chi connectivity index (χ3v) is 6.61. The van der Waals surface area contributed by atoms with Crippen molar-refractivity contribution in [1.29, 1.82) is 0 Å². The molecule has 1 aromatic carbocycles. The van der Waals surface area contributed by atoms with Crippen LogP contribution >= 0.6 is 11.6 Å². The number of aromatic nitrogens is 10. The molecular formula is C23H19ClF2N10. The first-order chi connectivity index (χ1) is 17.5. The molecule has 0 radical (unpaired) electrons. The Hall–Kier alpha value is -4.06. The highest BCUT2D eigenvalue weighted by atomic mass is 35.5. The van der Waals surface area contributed by atoms with E-state index in [1.807, 2.05) is 6.07 Å². The number of hydrogen-bond acceptors (Lipinski definition) is 7. The maximum absolute atomic E-state index is 15.1.